The summed E-state index contributed by atoms with van der Waals surface area (Å²) in [5.74, 6) is -0.899. The zero-order valence-corrected chi connectivity index (χ0v) is 11.7. The molecular weight excluding hydrogens is 246 g/mol. The average Bonchev–Trinajstić information content (AvgIpc) is 2.83. The Kier molecular flexibility index (Phi) is 3.88. The van der Waals surface area contributed by atoms with Crippen LogP contribution >= 0.6 is 11.3 Å². The largest absolute Gasteiger partial charge is 0.478 e. The second-order valence-electron chi connectivity index (χ2n) is 5.64. The molecule has 0 bridgehead atoms. The minimum Gasteiger partial charge on any atom is -0.478 e. The van der Waals surface area contributed by atoms with E-state index in [1.165, 1.54) is 17.4 Å². The molecule has 1 aromatic heterocycles. The van der Waals surface area contributed by atoms with E-state index in [9.17, 15) is 4.79 Å². The maximum absolute atomic E-state index is 10.4. The van der Waals surface area contributed by atoms with Crippen molar-refractivity contribution >= 4 is 23.4 Å². The molecule has 1 fully saturated rings. The van der Waals surface area contributed by atoms with Crippen LogP contribution in [0.3, 0.4) is 0 Å². The van der Waals surface area contributed by atoms with Crippen LogP contribution in [0.5, 0.6) is 0 Å². The Labute approximate surface area is 112 Å². The number of hydrogen-bond donors (Lipinski definition) is 1. The number of aliphatic carboxylic acids is 1. The molecule has 2 heterocycles. The van der Waals surface area contributed by atoms with Gasteiger partial charge in [-0.3, -0.25) is 4.90 Å². The predicted octanol–water partition coefficient (Wildman–Crippen LogP) is 3.08. The standard InChI is InChI=1S/C14H19NO2S/c1-14(2)5-6-15(10-14)8-12-7-11(9-18-12)3-4-13(16)17/h3-4,7,9H,5-6,8,10H2,1-2H3,(H,16,17). The number of thiophene rings is 1. The van der Waals surface area contributed by atoms with E-state index < -0.39 is 5.97 Å². The Morgan fingerprint density at radius 1 is 1.61 bits per heavy atom. The van der Waals surface area contributed by atoms with Crippen LogP contribution in [0.2, 0.25) is 0 Å². The highest BCUT2D eigenvalue weighted by Gasteiger charge is 2.28. The van der Waals surface area contributed by atoms with Crippen molar-refractivity contribution in [3.63, 3.8) is 0 Å². The number of rotatable bonds is 4. The van der Waals surface area contributed by atoms with Gasteiger partial charge in [0.1, 0.15) is 0 Å². The smallest absolute Gasteiger partial charge is 0.328 e. The van der Waals surface area contributed by atoms with E-state index in [4.69, 9.17) is 5.11 Å². The molecule has 1 saturated heterocycles. The summed E-state index contributed by atoms with van der Waals surface area (Å²) in [6.45, 7) is 7.90. The van der Waals surface area contributed by atoms with E-state index in [1.54, 1.807) is 17.4 Å². The third-order valence-corrected chi connectivity index (χ3v) is 4.17. The van der Waals surface area contributed by atoms with Gasteiger partial charge in [0.15, 0.2) is 0 Å². The van der Waals surface area contributed by atoms with Crippen molar-refractivity contribution in [3.05, 3.63) is 28.0 Å². The highest BCUT2D eigenvalue weighted by atomic mass is 32.1. The summed E-state index contributed by atoms with van der Waals surface area (Å²) in [4.78, 5) is 14.2. The van der Waals surface area contributed by atoms with Crippen LogP contribution in [-0.2, 0) is 11.3 Å². The van der Waals surface area contributed by atoms with Crippen molar-refractivity contribution in [2.24, 2.45) is 5.41 Å². The van der Waals surface area contributed by atoms with Gasteiger partial charge in [-0.05, 0) is 41.5 Å². The monoisotopic (exact) mass is 265 g/mol. The first-order valence-electron chi connectivity index (χ1n) is 6.15. The van der Waals surface area contributed by atoms with E-state index in [0.29, 0.717) is 5.41 Å². The van der Waals surface area contributed by atoms with Crippen molar-refractivity contribution in [2.45, 2.75) is 26.8 Å². The van der Waals surface area contributed by atoms with Gasteiger partial charge in [-0.2, -0.15) is 0 Å². The Morgan fingerprint density at radius 2 is 2.39 bits per heavy atom. The van der Waals surface area contributed by atoms with Gasteiger partial charge in [0, 0.05) is 24.0 Å². The molecule has 0 unspecified atom stereocenters. The molecule has 98 valence electrons. The summed E-state index contributed by atoms with van der Waals surface area (Å²) < 4.78 is 0. The van der Waals surface area contributed by atoms with E-state index in [0.717, 1.165) is 25.2 Å². The van der Waals surface area contributed by atoms with Crippen molar-refractivity contribution in [2.75, 3.05) is 13.1 Å². The molecule has 0 radical (unpaired) electrons. The lowest BCUT2D eigenvalue weighted by atomic mass is 9.93. The van der Waals surface area contributed by atoms with Crippen LogP contribution in [0.15, 0.2) is 17.5 Å². The Balaban J connectivity index is 1.93. The van der Waals surface area contributed by atoms with Crippen LogP contribution in [0.4, 0.5) is 0 Å². The maximum atomic E-state index is 10.4. The maximum Gasteiger partial charge on any atom is 0.328 e. The van der Waals surface area contributed by atoms with Gasteiger partial charge in [-0.15, -0.1) is 11.3 Å². The third kappa shape index (κ3) is 3.68. The molecule has 1 aliphatic heterocycles. The highest BCUT2D eigenvalue weighted by Crippen LogP contribution is 2.30. The minimum absolute atomic E-state index is 0.434. The molecule has 0 saturated carbocycles. The van der Waals surface area contributed by atoms with Gasteiger partial charge in [0.2, 0.25) is 0 Å². The summed E-state index contributed by atoms with van der Waals surface area (Å²) >= 11 is 1.70. The summed E-state index contributed by atoms with van der Waals surface area (Å²) in [7, 11) is 0. The van der Waals surface area contributed by atoms with Gasteiger partial charge in [-0.1, -0.05) is 13.8 Å². The fourth-order valence-electron chi connectivity index (χ4n) is 2.32. The average molecular weight is 265 g/mol. The van der Waals surface area contributed by atoms with Crippen molar-refractivity contribution in [1.29, 1.82) is 0 Å². The summed E-state index contributed by atoms with van der Waals surface area (Å²) in [5, 5.41) is 10.6. The van der Waals surface area contributed by atoms with E-state index in [2.05, 4.69) is 24.8 Å². The Morgan fingerprint density at radius 3 is 3.00 bits per heavy atom. The second-order valence-corrected chi connectivity index (χ2v) is 6.64. The van der Waals surface area contributed by atoms with Crippen LogP contribution < -0.4 is 0 Å². The third-order valence-electron chi connectivity index (χ3n) is 3.23. The minimum atomic E-state index is -0.899. The van der Waals surface area contributed by atoms with Crippen LogP contribution in [0, 0.1) is 5.41 Å². The van der Waals surface area contributed by atoms with Crippen molar-refractivity contribution in [1.82, 2.24) is 4.90 Å². The molecule has 0 spiro atoms. The number of hydrogen-bond acceptors (Lipinski definition) is 3. The molecule has 1 aliphatic rings. The van der Waals surface area contributed by atoms with E-state index in [-0.39, 0.29) is 0 Å². The summed E-state index contributed by atoms with van der Waals surface area (Å²) in [5.41, 5.74) is 1.42. The van der Waals surface area contributed by atoms with Crippen LogP contribution in [-0.4, -0.2) is 29.1 Å². The second kappa shape index (κ2) is 5.24. The van der Waals surface area contributed by atoms with E-state index >= 15 is 0 Å². The number of carbonyl (C=O) groups is 1. The van der Waals surface area contributed by atoms with Gasteiger partial charge >= 0.3 is 5.97 Å². The molecule has 0 atom stereocenters. The molecular formula is C14H19NO2S. The molecule has 1 N–H and O–H groups in total. The quantitative estimate of drug-likeness (QED) is 0.851. The summed E-state index contributed by atoms with van der Waals surface area (Å²) in [6.07, 6.45) is 4.09. The normalized spacial score (nSPS) is 19.7. The van der Waals surface area contributed by atoms with Gasteiger partial charge in [0.25, 0.3) is 0 Å². The van der Waals surface area contributed by atoms with Crippen molar-refractivity contribution < 1.29 is 9.90 Å². The fraction of sp³-hybridized carbons (Fsp3) is 0.500. The zero-order chi connectivity index (χ0) is 13.2. The number of carboxylic acid groups (broad SMARTS) is 1. The molecule has 2 rings (SSSR count). The molecule has 0 aromatic carbocycles. The van der Waals surface area contributed by atoms with Crippen LogP contribution in [0.1, 0.15) is 30.7 Å². The van der Waals surface area contributed by atoms with E-state index in [1.807, 2.05) is 5.38 Å². The predicted molar refractivity (Wildman–Crippen MR) is 74.7 cm³/mol. The Bertz CT molecular complexity index is 462. The van der Waals surface area contributed by atoms with Gasteiger partial charge < -0.3 is 5.11 Å². The first-order chi connectivity index (χ1) is 8.44. The van der Waals surface area contributed by atoms with Gasteiger partial charge in [-0.25, -0.2) is 4.79 Å². The molecule has 3 nitrogen and oxygen atoms in total. The zero-order valence-electron chi connectivity index (χ0n) is 10.8. The van der Waals surface area contributed by atoms with Crippen LogP contribution in [0.25, 0.3) is 6.08 Å². The molecule has 4 heteroatoms. The topological polar surface area (TPSA) is 40.5 Å². The highest BCUT2D eigenvalue weighted by molar-refractivity contribution is 7.10. The molecule has 0 amide bonds. The molecule has 1 aromatic rings. The first kappa shape index (κ1) is 13.3. The number of likely N-dealkylation sites (tertiary alicyclic amines) is 1. The first-order valence-corrected chi connectivity index (χ1v) is 7.03. The number of carboxylic acids is 1. The van der Waals surface area contributed by atoms with Crippen molar-refractivity contribution in [3.8, 4) is 0 Å². The lowest BCUT2D eigenvalue weighted by Crippen LogP contribution is -2.22. The lowest BCUT2D eigenvalue weighted by Gasteiger charge is -2.18. The fourth-order valence-corrected chi connectivity index (χ4v) is 3.21. The SMILES string of the molecule is CC1(C)CCN(Cc2cc(C=CC(=O)O)cs2)C1. The molecule has 18 heavy (non-hydrogen) atoms. The van der Waals surface area contributed by atoms with Gasteiger partial charge in [0.05, 0.1) is 0 Å². The number of nitrogens with zero attached hydrogens (tertiary/aromatic N) is 1. The Hall–Kier alpha value is -1.13. The lowest BCUT2D eigenvalue weighted by molar-refractivity contribution is -0.131. The summed E-state index contributed by atoms with van der Waals surface area (Å²) in [6, 6.07) is 2.08. The molecule has 0 aliphatic carbocycles.